The van der Waals surface area contributed by atoms with Gasteiger partial charge in [-0.25, -0.2) is 0 Å². The number of carbonyl (C=O) groups excluding carboxylic acids is 2. The molecule has 1 aromatic heterocycles. The summed E-state index contributed by atoms with van der Waals surface area (Å²) in [5, 5.41) is -0.0129. The van der Waals surface area contributed by atoms with Crippen molar-refractivity contribution in [1.82, 2.24) is 4.90 Å². The van der Waals surface area contributed by atoms with Gasteiger partial charge < -0.3 is 9.32 Å². The number of rotatable bonds is 6. The zero-order valence-electron chi connectivity index (χ0n) is 19.2. The van der Waals surface area contributed by atoms with Crippen LogP contribution in [0.2, 0.25) is 0 Å². The average molecular weight is 468 g/mol. The zero-order valence-corrected chi connectivity index (χ0v) is 20.0. The lowest BCUT2D eigenvalue weighted by Gasteiger charge is -2.25. The molecule has 1 atom stereocenters. The van der Waals surface area contributed by atoms with Crippen molar-refractivity contribution in [3.63, 3.8) is 0 Å². The van der Waals surface area contributed by atoms with Crippen LogP contribution in [0.1, 0.15) is 56.3 Å². The van der Waals surface area contributed by atoms with Crippen LogP contribution >= 0.6 is 11.8 Å². The number of amides is 1. The van der Waals surface area contributed by atoms with Crippen LogP contribution in [0.25, 0.3) is 11.1 Å². The summed E-state index contributed by atoms with van der Waals surface area (Å²) >= 11 is 1.27. The van der Waals surface area contributed by atoms with Gasteiger partial charge in [0.15, 0.2) is 0 Å². The highest BCUT2D eigenvalue weighted by molar-refractivity contribution is 8.14. The molecular formula is C29H25NO3S. The Labute approximate surface area is 203 Å². The lowest BCUT2D eigenvalue weighted by molar-refractivity contribution is 0.0721. The van der Waals surface area contributed by atoms with Crippen molar-refractivity contribution < 1.29 is 14.0 Å². The van der Waals surface area contributed by atoms with Gasteiger partial charge in [-0.1, -0.05) is 97.5 Å². The normalized spacial score (nSPS) is 14.9. The van der Waals surface area contributed by atoms with Crippen LogP contribution in [0.5, 0.6) is 0 Å². The van der Waals surface area contributed by atoms with E-state index in [1.165, 1.54) is 11.8 Å². The van der Waals surface area contributed by atoms with Gasteiger partial charge in [0.1, 0.15) is 17.6 Å². The van der Waals surface area contributed by atoms with E-state index in [1.807, 2.05) is 104 Å². The van der Waals surface area contributed by atoms with Gasteiger partial charge in [-0.05, 0) is 35.4 Å². The van der Waals surface area contributed by atoms with Gasteiger partial charge in [0.05, 0.1) is 5.56 Å². The van der Waals surface area contributed by atoms with E-state index in [-0.39, 0.29) is 11.0 Å². The Hall–Kier alpha value is -3.57. The minimum absolute atomic E-state index is 0.0129. The molecule has 0 spiro atoms. The molecular weight excluding hydrogens is 442 g/mol. The molecule has 0 N–H and O–H groups in total. The quantitative estimate of drug-likeness (QED) is 0.310. The highest BCUT2D eigenvalue weighted by Gasteiger charge is 2.42. The van der Waals surface area contributed by atoms with Gasteiger partial charge in [0.25, 0.3) is 5.91 Å². The van der Waals surface area contributed by atoms with Crippen LogP contribution in [0.3, 0.4) is 0 Å². The van der Waals surface area contributed by atoms with Crippen molar-refractivity contribution >= 4 is 22.8 Å². The molecule has 0 fully saturated rings. The summed E-state index contributed by atoms with van der Waals surface area (Å²) in [6, 6.07) is 27.1. The molecule has 0 aliphatic carbocycles. The Morgan fingerprint density at radius 3 is 2.29 bits per heavy atom. The summed E-state index contributed by atoms with van der Waals surface area (Å²) in [7, 11) is 0. The number of carbonyl (C=O) groups is 2. The Morgan fingerprint density at radius 2 is 1.59 bits per heavy atom. The van der Waals surface area contributed by atoms with Crippen LogP contribution in [0.4, 0.5) is 0 Å². The first-order chi connectivity index (χ1) is 16.6. The number of fused-ring (bicyclic) bond motifs is 1. The first-order valence-corrected chi connectivity index (χ1v) is 12.4. The monoisotopic (exact) mass is 467 g/mol. The van der Waals surface area contributed by atoms with Gasteiger partial charge in [-0.2, -0.15) is 0 Å². The Balaban J connectivity index is 1.73. The van der Waals surface area contributed by atoms with E-state index in [1.54, 1.807) is 0 Å². The fraction of sp³-hybridized carbons (Fsp3) is 0.172. The van der Waals surface area contributed by atoms with Crippen LogP contribution in [0.15, 0.2) is 89.3 Å². The first-order valence-electron chi connectivity index (χ1n) is 11.4. The lowest BCUT2D eigenvalue weighted by Crippen LogP contribution is -2.28. The molecule has 170 valence electrons. The molecule has 0 radical (unpaired) electrons. The summed E-state index contributed by atoms with van der Waals surface area (Å²) < 4.78 is 6.40. The molecule has 2 heterocycles. The van der Waals surface area contributed by atoms with Crippen molar-refractivity contribution in [2.45, 2.75) is 26.4 Å². The molecule has 4 nitrogen and oxygen atoms in total. The number of benzene rings is 3. The topological polar surface area (TPSA) is 50.5 Å². The number of hydrogen-bond acceptors (Lipinski definition) is 4. The third-order valence-corrected chi connectivity index (χ3v) is 6.91. The van der Waals surface area contributed by atoms with Crippen LogP contribution in [0, 0.1) is 6.92 Å². The number of nitrogens with zero attached hydrogens (tertiary/aromatic N) is 1. The zero-order chi connectivity index (χ0) is 23.7. The summed E-state index contributed by atoms with van der Waals surface area (Å²) in [5.74, 6) is 1.86. The second-order valence-electron chi connectivity index (χ2n) is 8.27. The molecule has 0 saturated carbocycles. The maximum absolute atomic E-state index is 13.6. The number of aryl methyl sites for hydroxylation is 1. The van der Waals surface area contributed by atoms with Gasteiger partial charge in [0, 0.05) is 17.7 Å². The van der Waals surface area contributed by atoms with E-state index in [2.05, 4.69) is 0 Å². The lowest BCUT2D eigenvalue weighted by atomic mass is 9.94. The Kier molecular flexibility index (Phi) is 6.12. The van der Waals surface area contributed by atoms with E-state index in [0.717, 1.165) is 22.3 Å². The third kappa shape index (κ3) is 3.86. The van der Waals surface area contributed by atoms with Gasteiger partial charge >= 0.3 is 0 Å². The molecule has 0 unspecified atom stereocenters. The van der Waals surface area contributed by atoms with Crippen molar-refractivity contribution in [2.24, 2.45) is 0 Å². The standard InChI is InChI=1S/C29H25NO3S/c1-3-34-29(32)24-19(2)33-27(25(24)21-14-8-5-9-15-21)26-22-16-10-11-17-23(22)28(31)30(26)18-20-12-6-4-7-13-20/h4-17,26H,3,18H2,1-2H3/t26-/m1/s1. The van der Waals surface area contributed by atoms with E-state index >= 15 is 0 Å². The molecule has 5 heteroatoms. The molecule has 1 aliphatic heterocycles. The summed E-state index contributed by atoms with van der Waals surface area (Å²) in [5.41, 5.74) is 4.88. The Bertz CT molecular complexity index is 1340. The highest BCUT2D eigenvalue weighted by atomic mass is 32.2. The van der Waals surface area contributed by atoms with E-state index in [0.29, 0.717) is 34.9 Å². The number of hydrogen-bond donors (Lipinski definition) is 0. The SMILES string of the molecule is CCSC(=O)c1c(C)oc([C@H]2c3ccccc3C(=O)N2Cc2ccccc2)c1-c1ccccc1. The van der Waals surface area contributed by atoms with E-state index in [9.17, 15) is 9.59 Å². The van der Waals surface area contributed by atoms with E-state index < -0.39 is 6.04 Å². The smallest absolute Gasteiger partial charge is 0.255 e. The summed E-state index contributed by atoms with van der Waals surface area (Å²) in [6.45, 7) is 4.25. The molecule has 3 aromatic carbocycles. The molecule has 0 saturated heterocycles. The fourth-order valence-electron chi connectivity index (χ4n) is 4.70. The highest BCUT2D eigenvalue weighted by Crippen LogP contribution is 2.46. The fourth-order valence-corrected chi connectivity index (χ4v) is 5.35. The average Bonchev–Trinajstić information content (AvgIpc) is 3.34. The molecule has 1 aliphatic rings. The molecule has 0 bridgehead atoms. The maximum Gasteiger partial charge on any atom is 0.255 e. The minimum Gasteiger partial charge on any atom is -0.462 e. The van der Waals surface area contributed by atoms with Crippen LogP contribution in [-0.2, 0) is 6.54 Å². The van der Waals surface area contributed by atoms with Crippen molar-refractivity contribution in [3.05, 3.63) is 119 Å². The van der Waals surface area contributed by atoms with Crippen molar-refractivity contribution in [2.75, 3.05) is 5.75 Å². The van der Waals surface area contributed by atoms with Gasteiger partial charge in [0.2, 0.25) is 5.12 Å². The molecule has 1 amide bonds. The van der Waals surface area contributed by atoms with Crippen molar-refractivity contribution in [1.29, 1.82) is 0 Å². The van der Waals surface area contributed by atoms with Crippen LogP contribution < -0.4 is 0 Å². The molecule has 5 rings (SSSR count). The third-order valence-electron chi connectivity index (χ3n) is 6.16. The predicted molar refractivity (Wildman–Crippen MR) is 136 cm³/mol. The first kappa shape index (κ1) is 22.2. The molecule has 4 aromatic rings. The summed E-state index contributed by atoms with van der Waals surface area (Å²) in [6.07, 6.45) is 0. The largest absolute Gasteiger partial charge is 0.462 e. The van der Waals surface area contributed by atoms with Crippen molar-refractivity contribution in [3.8, 4) is 11.1 Å². The second-order valence-corrected chi connectivity index (χ2v) is 9.50. The number of thioether (sulfide) groups is 1. The summed E-state index contributed by atoms with van der Waals surface area (Å²) in [4.78, 5) is 28.6. The number of furan rings is 1. The van der Waals surface area contributed by atoms with Gasteiger partial charge in [-0.3, -0.25) is 9.59 Å². The maximum atomic E-state index is 13.6. The molecule has 34 heavy (non-hydrogen) atoms. The van der Waals surface area contributed by atoms with Crippen LogP contribution in [-0.4, -0.2) is 21.7 Å². The predicted octanol–water partition coefficient (Wildman–Crippen LogP) is 6.89. The second kappa shape index (κ2) is 9.35. The minimum atomic E-state index is -0.425. The van der Waals surface area contributed by atoms with Gasteiger partial charge in [-0.15, -0.1) is 0 Å². The van der Waals surface area contributed by atoms with E-state index in [4.69, 9.17) is 4.42 Å². The Morgan fingerprint density at radius 1 is 0.941 bits per heavy atom.